The van der Waals surface area contributed by atoms with E-state index in [1.807, 2.05) is 0 Å². The van der Waals surface area contributed by atoms with E-state index in [0.29, 0.717) is 12.1 Å². The van der Waals surface area contributed by atoms with E-state index >= 15 is 0 Å². The van der Waals surface area contributed by atoms with Gasteiger partial charge in [-0.25, -0.2) is 4.39 Å². The normalized spacial score (nSPS) is 25.2. The van der Waals surface area contributed by atoms with Crippen molar-refractivity contribution in [3.05, 3.63) is 35.1 Å². The zero-order valence-electron chi connectivity index (χ0n) is 9.01. The summed E-state index contributed by atoms with van der Waals surface area (Å²) in [5.74, 6) is -4.78. The minimum Gasteiger partial charge on any atom is -0.481 e. The van der Waals surface area contributed by atoms with Crippen LogP contribution < -0.4 is 0 Å². The molecule has 1 aromatic carbocycles. The first-order chi connectivity index (χ1) is 8.55. The van der Waals surface area contributed by atoms with Crippen LogP contribution in [0, 0.1) is 11.7 Å². The summed E-state index contributed by atoms with van der Waals surface area (Å²) in [5.41, 5.74) is -1.38. The van der Waals surface area contributed by atoms with E-state index in [1.165, 1.54) is 0 Å². The molecule has 8 heteroatoms. The highest BCUT2D eigenvalue weighted by Crippen LogP contribution is 2.65. The van der Waals surface area contributed by atoms with E-state index in [0.717, 1.165) is 6.07 Å². The zero-order valence-corrected chi connectivity index (χ0v) is 10.5. The summed E-state index contributed by atoms with van der Waals surface area (Å²) in [6.07, 6.45) is -4.73. The lowest BCUT2D eigenvalue weighted by Gasteiger charge is -2.09. The summed E-state index contributed by atoms with van der Waals surface area (Å²) in [4.78, 5) is 10.8. The number of benzene rings is 1. The second kappa shape index (κ2) is 4.24. The van der Waals surface area contributed by atoms with Gasteiger partial charge in [-0.05, 0) is 23.8 Å². The molecule has 0 saturated heterocycles. The lowest BCUT2D eigenvalue weighted by Crippen LogP contribution is -2.07. The fourth-order valence-electron chi connectivity index (χ4n) is 2.00. The zero-order chi connectivity index (χ0) is 14.6. The third kappa shape index (κ3) is 2.51. The van der Waals surface area contributed by atoms with Crippen molar-refractivity contribution < 1.29 is 27.5 Å². The van der Waals surface area contributed by atoms with Crippen LogP contribution in [0.4, 0.5) is 17.6 Å². The Morgan fingerprint density at radius 1 is 1.26 bits per heavy atom. The Kier molecular flexibility index (Phi) is 3.22. The summed E-state index contributed by atoms with van der Waals surface area (Å²) < 4.78 is 49.1. The van der Waals surface area contributed by atoms with Gasteiger partial charge in [-0.3, -0.25) is 4.79 Å². The standard InChI is InChI=1S/C11H6Cl2F4O2/c12-10(13)7(8(10)9(18)19)4-1-5(11(15,16)17)3-6(14)2-4/h1-3,7-8H,(H,18,19)/t7-,8+/m0/s1. The van der Waals surface area contributed by atoms with E-state index in [2.05, 4.69) is 0 Å². The fraction of sp³-hybridized carbons (Fsp3) is 0.364. The molecule has 1 aromatic rings. The monoisotopic (exact) mass is 316 g/mol. The molecule has 0 aliphatic heterocycles. The molecule has 1 fully saturated rings. The van der Waals surface area contributed by atoms with Crippen LogP contribution in [-0.4, -0.2) is 15.4 Å². The summed E-state index contributed by atoms with van der Waals surface area (Å²) in [7, 11) is 0. The van der Waals surface area contributed by atoms with Crippen LogP contribution in [0.1, 0.15) is 17.0 Å². The molecule has 0 aromatic heterocycles. The number of alkyl halides is 5. The molecule has 104 valence electrons. The topological polar surface area (TPSA) is 37.3 Å². The summed E-state index contributed by atoms with van der Waals surface area (Å²) in [6, 6.07) is 1.80. The molecule has 0 bridgehead atoms. The Labute approximate surface area is 114 Å². The molecule has 2 rings (SSSR count). The Morgan fingerprint density at radius 3 is 2.26 bits per heavy atom. The molecule has 1 aliphatic carbocycles. The number of carboxylic acids is 1. The number of carboxylic acid groups (broad SMARTS) is 1. The van der Waals surface area contributed by atoms with Crippen molar-refractivity contribution in [2.75, 3.05) is 0 Å². The van der Waals surface area contributed by atoms with Crippen molar-refractivity contribution >= 4 is 29.2 Å². The number of carbonyl (C=O) groups is 1. The minimum absolute atomic E-state index is 0.176. The third-order valence-corrected chi connectivity index (χ3v) is 3.87. The van der Waals surface area contributed by atoms with Crippen molar-refractivity contribution in [2.24, 2.45) is 5.92 Å². The quantitative estimate of drug-likeness (QED) is 0.665. The van der Waals surface area contributed by atoms with E-state index < -0.39 is 39.7 Å². The Balaban J connectivity index is 2.43. The summed E-state index contributed by atoms with van der Waals surface area (Å²) in [5, 5.41) is 8.83. The van der Waals surface area contributed by atoms with Gasteiger partial charge in [0, 0.05) is 5.92 Å². The van der Waals surface area contributed by atoms with E-state index in [4.69, 9.17) is 28.3 Å². The first kappa shape index (κ1) is 14.4. The van der Waals surface area contributed by atoms with Crippen molar-refractivity contribution in [1.29, 1.82) is 0 Å². The van der Waals surface area contributed by atoms with Gasteiger partial charge in [0.15, 0.2) is 0 Å². The lowest BCUT2D eigenvalue weighted by atomic mass is 10.0. The smallest absolute Gasteiger partial charge is 0.416 e. The molecule has 2 nitrogen and oxygen atoms in total. The molecule has 19 heavy (non-hydrogen) atoms. The molecule has 0 amide bonds. The molecular formula is C11H6Cl2F4O2. The molecule has 1 N–H and O–H groups in total. The van der Waals surface area contributed by atoms with Gasteiger partial charge >= 0.3 is 12.1 Å². The maximum Gasteiger partial charge on any atom is 0.416 e. The van der Waals surface area contributed by atoms with E-state index in [-0.39, 0.29) is 5.56 Å². The molecule has 2 atom stereocenters. The molecule has 1 aliphatic rings. The first-order valence-corrected chi connectivity index (χ1v) is 5.79. The van der Waals surface area contributed by atoms with Gasteiger partial charge in [0.25, 0.3) is 0 Å². The van der Waals surface area contributed by atoms with E-state index in [1.54, 1.807) is 0 Å². The van der Waals surface area contributed by atoms with Gasteiger partial charge in [-0.15, -0.1) is 0 Å². The maximum atomic E-state index is 13.2. The fourth-order valence-corrected chi connectivity index (χ4v) is 2.82. The number of hydrogen-bond donors (Lipinski definition) is 1. The molecular weight excluding hydrogens is 311 g/mol. The second-order valence-electron chi connectivity index (χ2n) is 4.24. The van der Waals surface area contributed by atoms with Crippen molar-refractivity contribution in [1.82, 2.24) is 0 Å². The predicted octanol–water partition coefficient (Wildman–Crippen LogP) is 3.82. The number of rotatable bonds is 2. The Morgan fingerprint density at radius 2 is 1.84 bits per heavy atom. The maximum absolute atomic E-state index is 13.2. The highest BCUT2D eigenvalue weighted by atomic mass is 35.5. The predicted molar refractivity (Wildman–Crippen MR) is 59.7 cm³/mol. The van der Waals surface area contributed by atoms with Gasteiger partial charge in [0.2, 0.25) is 0 Å². The van der Waals surface area contributed by atoms with Crippen molar-refractivity contribution in [2.45, 2.75) is 16.4 Å². The number of hydrogen-bond acceptors (Lipinski definition) is 1. The number of halogens is 6. The SMILES string of the molecule is O=C(O)[C@H]1[C@H](c2cc(F)cc(C(F)(F)F)c2)C1(Cl)Cl. The highest BCUT2D eigenvalue weighted by molar-refractivity contribution is 6.53. The van der Waals surface area contributed by atoms with Crippen molar-refractivity contribution in [3.8, 4) is 0 Å². The minimum atomic E-state index is -4.73. The Bertz CT molecular complexity index is 542. The average Bonchev–Trinajstić information content (AvgIpc) is 2.79. The van der Waals surface area contributed by atoms with Crippen LogP contribution in [0.15, 0.2) is 18.2 Å². The average molecular weight is 317 g/mol. The summed E-state index contributed by atoms with van der Waals surface area (Å²) >= 11 is 11.4. The van der Waals surface area contributed by atoms with Crippen LogP contribution in [-0.2, 0) is 11.0 Å². The molecule has 0 unspecified atom stereocenters. The molecule has 0 radical (unpaired) electrons. The largest absolute Gasteiger partial charge is 0.481 e. The van der Waals surface area contributed by atoms with Gasteiger partial charge in [0.1, 0.15) is 10.2 Å². The summed E-state index contributed by atoms with van der Waals surface area (Å²) in [6.45, 7) is 0. The van der Waals surface area contributed by atoms with Gasteiger partial charge in [-0.1, -0.05) is 23.2 Å². The lowest BCUT2D eigenvalue weighted by molar-refractivity contribution is -0.138. The van der Waals surface area contributed by atoms with Crippen LogP contribution in [0.25, 0.3) is 0 Å². The third-order valence-electron chi connectivity index (χ3n) is 2.93. The van der Waals surface area contributed by atoms with Gasteiger partial charge < -0.3 is 5.11 Å². The Hall–Kier alpha value is -1.01. The highest BCUT2D eigenvalue weighted by Gasteiger charge is 2.68. The molecule has 1 saturated carbocycles. The molecule has 0 spiro atoms. The van der Waals surface area contributed by atoms with Crippen molar-refractivity contribution in [3.63, 3.8) is 0 Å². The molecule has 0 heterocycles. The van der Waals surface area contributed by atoms with Crippen LogP contribution in [0.5, 0.6) is 0 Å². The van der Waals surface area contributed by atoms with Gasteiger partial charge in [0.05, 0.1) is 11.5 Å². The first-order valence-electron chi connectivity index (χ1n) is 5.03. The van der Waals surface area contributed by atoms with E-state index in [9.17, 15) is 22.4 Å². The van der Waals surface area contributed by atoms with Crippen LogP contribution >= 0.6 is 23.2 Å². The van der Waals surface area contributed by atoms with Crippen LogP contribution in [0.2, 0.25) is 0 Å². The van der Waals surface area contributed by atoms with Gasteiger partial charge in [-0.2, -0.15) is 13.2 Å². The van der Waals surface area contributed by atoms with Crippen LogP contribution in [0.3, 0.4) is 0 Å². The second-order valence-corrected chi connectivity index (χ2v) is 5.68. The number of aliphatic carboxylic acids is 1.